The third kappa shape index (κ3) is 6.37. The van der Waals surface area contributed by atoms with Crippen LogP contribution in [0.15, 0.2) is 65.6 Å². The Balaban J connectivity index is 1.74. The number of aromatic nitrogens is 2. The number of hydrogen-bond donors (Lipinski definition) is 2. The highest BCUT2D eigenvalue weighted by Gasteiger charge is 2.22. The maximum atomic E-state index is 13.5. The molecule has 0 radical (unpaired) electrons. The number of nitrogens with zero attached hydrogens (tertiary/aromatic N) is 2. The lowest BCUT2D eigenvalue weighted by molar-refractivity contribution is -0.117. The first-order valence-electron chi connectivity index (χ1n) is 11.2. The van der Waals surface area contributed by atoms with Crippen molar-refractivity contribution in [3.8, 4) is 5.75 Å². The molecule has 0 bridgehead atoms. The van der Waals surface area contributed by atoms with E-state index in [-0.39, 0.29) is 35.2 Å². The molecule has 2 N–H and O–H groups in total. The number of sulfone groups is 1. The molecule has 4 aromatic rings. The van der Waals surface area contributed by atoms with Crippen LogP contribution in [0.5, 0.6) is 5.75 Å². The van der Waals surface area contributed by atoms with Gasteiger partial charge in [0.15, 0.2) is 21.4 Å². The predicted molar refractivity (Wildman–Crippen MR) is 146 cm³/mol. The third-order valence-corrected chi connectivity index (χ3v) is 7.86. The van der Waals surface area contributed by atoms with Crippen LogP contribution >= 0.6 is 23.2 Å². The lowest BCUT2D eigenvalue weighted by atomic mass is 10.1. The molecule has 0 aliphatic rings. The van der Waals surface area contributed by atoms with Gasteiger partial charge in [-0.05, 0) is 55.1 Å². The van der Waals surface area contributed by atoms with Crippen LogP contribution in [0.2, 0.25) is 10.0 Å². The van der Waals surface area contributed by atoms with E-state index in [2.05, 4.69) is 20.6 Å². The second-order valence-corrected chi connectivity index (χ2v) is 11.0. The molecule has 0 atom stereocenters. The first-order valence-corrected chi connectivity index (χ1v) is 13.6. The van der Waals surface area contributed by atoms with E-state index < -0.39 is 15.6 Å². The van der Waals surface area contributed by atoms with E-state index in [9.17, 15) is 13.2 Å². The number of halogens is 2. The number of nitrogens with one attached hydrogen (secondary N) is 2. The van der Waals surface area contributed by atoms with Crippen molar-refractivity contribution in [2.45, 2.75) is 17.1 Å². The van der Waals surface area contributed by atoms with Crippen molar-refractivity contribution in [2.75, 3.05) is 26.0 Å². The summed E-state index contributed by atoms with van der Waals surface area (Å²) in [6.07, 6.45) is 0.0138. The van der Waals surface area contributed by atoms with Gasteiger partial charge in [-0.15, -0.1) is 0 Å². The van der Waals surface area contributed by atoms with Crippen LogP contribution in [-0.4, -0.2) is 44.9 Å². The number of carbonyl (C=O) groups is 1. The van der Waals surface area contributed by atoms with Gasteiger partial charge >= 0.3 is 0 Å². The number of likely N-dealkylation sites (N-methyl/N-ethyl adjacent to an activating group) is 1. The van der Waals surface area contributed by atoms with Crippen molar-refractivity contribution in [2.24, 2.45) is 0 Å². The summed E-state index contributed by atoms with van der Waals surface area (Å²) in [5.41, 5.74) is 2.27. The van der Waals surface area contributed by atoms with Gasteiger partial charge in [0.25, 0.3) is 0 Å². The Hall–Kier alpha value is -3.24. The number of hydrogen-bond acceptors (Lipinski definition) is 8. The molecule has 11 heteroatoms. The van der Waals surface area contributed by atoms with E-state index in [1.54, 1.807) is 43.4 Å². The third-order valence-electron chi connectivity index (χ3n) is 5.53. The molecule has 0 aliphatic carbocycles. The van der Waals surface area contributed by atoms with Crippen molar-refractivity contribution >= 4 is 61.4 Å². The smallest absolute Gasteiger partial charge is 0.184 e. The van der Waals surface area contributed by atoms with Gasteiger partial charge in [-0.25, -0.2) is 18.4 Å². The quantitative estimate of drug-likeness (QED) is 0.280. The summed E-state index contributed by atoms with van der Waals surface area (Å²) in [7, 11) is -0.695. The molecule has 1 aromatic heterocycles. The van der Waals surface area contributed by atoms with E-state index in [0.29, 0.717) is 38.1 Å². The number of ether oxygens (including phenoxy) is 1. The van der Waals surface area contributed by atoms with Gasteiger partial charge in [0.05, 0.1) is 46.0 Å². The molecular formula is C26H24Cl2N4O4S. The standard InChI is InChI=1S/C26H24Cl2N4O4S/c1-29-14-17(33)11-16-12-19(8-10-20(16)27)37(34,35)15-25-26(31-23-6-4-3-5-22(23)30-25)32-24-13-18(36-2)7-9-21(24)28/h3-10,12-13,29H,11,14-15H2,1-2H3,(H,31,32). The lowest BCUT2D eigenvalue weighted by Gasteiger charge is -2.14. The van der Waals surface area contributed by atoms with Gasteiger partial charge in [0, 0.05) is 17.5 Å². The molecule has 0 fully saturated rings. The van der Waals surface area contributed by atoms with E-state index in [1.807, 2.05) is 6.07 Å². The molecule has 0 saturated heterocycles. The Kier molecular flexibility index (Phi) is 8.29. The number of rotatable bonds is 10. The maximum absolute atomic E-state index is 13.5. The molecule has 0 saturated carbocycles. The predicted octanol–water partition coefficient (Wildman–Crippen LogP) is 4.99. The van der Waals surface area contributed by atoms with Crippen LogP contribution in [0.4, 0.5) is 11.5 Å². The topological polar surface area (TPSA) is 110 Å². The highest BCUT2D eigenvalue weighted by atomic mass is 35.5. The van der Waals surface area contributed by atoms with E-state index in [0.717, 1.165) is 0 Å². The van der Waals surface area contributed by atoms with Crippen molar-refractivity contribution in [1.29, 1.82) is 0 Å². The molecule has 0 spiro atoms. The second kappa shape index (κ2) is 11.4. The number of anilines is 2. The molecule has 0 amide bonds. The number of fused-ring (bicyclic) bond motifs is 1. The zero-order chi connectivity index (χ0) is 26.6. The average Bonchev–Trinajstić information content (AvgIpc) is 2.87. The number of para-hydroxylation sites is 2. The average molecular weight is 559 g/mol. The Labute approximate surface area is 224 Å². The van der Waals surface area contributed by atoms with Gasteiger partial charge in [0.1, 0.15) is 11.5 Å². The minimum absolute atomic E-state index is 0.0138. The van der Waals surface area contributed by atoms with Crippen LogP contribution in [-0.2, 0) is 26.8 Å². The highest BCUT2D eigenvalue weighted by molar-refractivity contribution is 7.90. The van der Waals surface area contributed by atoms with E-state index in [1.165, 1.54) is 25.3 Å². The van der Waals surface area contributed by atoms with Gasteiger partial charge in [-0.3, -0.25) is 4.79 Å². The maximum Gasteiger partial charge on any atom is 0.184 e. The summed E-state index contributed by atoms with van der Waals surface area (Å²) in [5.74, 6) is 0.258. The Morgan fingerprint density at radius 3 is 2.38 bits per heavy atom. The number of ketones is 1. The first kappa shape index (κ1) is 26.8. The molecule has 3 aromatic carbocycles. The summed E-state index contributed by atoms with van der Waals surface area (Å²) < 4.78 is 32.3. The second-order valence-electron chi connectivity index (χ2n) is 8.24. The summed E-state index contributed by atoms with van der Waals surface area (Å²) in [4.78, 5) is 21.4. The number of Topliss-reactive ketones (excluding diaryl/α,β-unsaturated/α-hetero) is 1. The Morgan fingerprint density at radius 1 is 0.973 bits per heavy atom. The number of benzene rings is 3. The van der Waals surface area contributed by atoms with Crippen LogP contribution in [0.3, 0.4) is 0 Å². The zero-order valence-electron chi connectivity index (χ0n) is 20.1. The van der Waals surface area contributed by atoms with Crippen LogP contribution in [0.1, 0.15) is 11.3 Å². The fourth-order valence-corrected chi connectivity index (χ4v) is 5.38. The Bertz CT molecular complexity index is 1580. The molecule has 1 heterocycles. The summed E-state index contributed by atoms with van der Waals surface area (Å²) in [6, 6.07) is 16.6. The fourth-order valence-electron chi connectivity index (χ4n) is 3.71. The van der Waals surface area contributed by atoms with Crippen LogP contribution < -0.4 is 15.4 Å². The molecule has 0 aliphatic heterocycles. The Morgan fingerprint density at radius 2 is 1.68 bits per heavy atom. The summed E-state index contributed by atoms with van der Waals surface area (Å²) in [5, 5.41) is 6.63. The molecular weight excluding hydrogens is 535 g/mol. The lowest BCUT2D eigenvalue weighted by Crippen LogP contribution is -2.20. The highest BCUT2D eigenvalue weighted by Crippen LogP contribution is 2.32. The molecule has 37 heavy (non-hydrogen) atoms. The number of methoxy groups -OCH3 is 1. The molecule has 192 valence electrons. The van der Waals surface area contributed by atoms with Gasteiger partial charge in [0.2, 0.25) is 0 Å². The van der Waals surface area contributed by atoms with Crippen molar-refractivity contribution < 1.29 is 17.9 Å². The SMILES string of the molecule is CNCC(=O)Cc1cc(S(=O)(=O)Cc2nc3ccccc3nc2Nc2cc(OC)ccc2Cl)ccc1Cl. The monoisotopic (exact) mass is 558 g/mol. The molecule has 4 rings (SSSR count). The summed E-state index contributed by atoms with van der Waals surface area (Å²) >= 11 is 12.6. The van der Waals surface area contributed by atoms with Crippen molar-refractivity contribution in [1.82, 2.24) is 15.3 Å². The molecule has 8 nitrogen and oxygen atoms in total. The van der Waals surface area contributed by atoms with Crippen molar-refractivity contribution in [3.63, 3.8) is 0 Å². The zero-order valence-corrected chi connectivity index (χ0v) is 22.4. The van der Waals surface area contributed by atoms with Crippen molar-refractivity contribution in [3.05, 3.63) is 82.0 Å². The molecule has 0 unspecified atom stereocenters. The minimum atomic E-state index is -3.89. The summed E-state index contributed by atoms with van der Waals surface area (Å²) in [6.45, 7) is 0.155. The van der Waals surface area contributed by atoms with E-state index >= 15 is 0 Å². The van der Waals surface area contributed by atoms with Gasteiger partial charge in [-0.2, -0.15) is 0 Å². The largest absolute Gasteiger partial charge is 0.497 e. The van der Waals surface area contributed by atoms with Gasteiger partial charge < -0.3 is 15.4 Å². The number of carbonyl (C=O) groups excluding carboxylic acids is 1. The van der Waals surface area contributed by atoms with Gasteiger partial charge in [-0.1, -0.05) is 35.3 Å². The van der Waals surface area contributed by atoms with E-state index in [4.69, 9.17) is 27.9 Å². The normalized spacial score (nSPS) is 11.5. The fraction of sp³-hybridized carbons (Fsp3) is 0.192. The van der Waals surface area contributed by atoms with Crippen LogP contribution in [0.25, 0.3) is 11.0 Å². The first-order chi connectivity index (χ1) is 17.7. The minimum Gasteiger partial charge on any atom is -0.497 e. The van der Waals surface area contributed by atoms with Crippen LogP contribution in [0, 0.1) is 0 Å².